The normalized spacial score (nSPS) is 12.3. The van der Waals surface area contributed by atoms with Gasteiger partial charge in [0.2, 0.25) is 11.8 Å². The molecule has 0 aliphatic rings. The maximum atomic E-state index is 14.5. The van der Waals surface area contributed by atoms with Crippen LogP contribution in [0.1, 0.15) is 31.9 Å². The highest BCUT2D eigenvalue weighted by Gasteiger charge is 2.36. The first-order chi connectivity index (χ1) is 20.8. The molecule has 0 spiro atoms. The summed E-state index contributed by atoms with van der Waals surface area (Å²) < 4.78 is 29.1. The van der Waals surface area contributed by atoms with Crippen molar-refractivity contribution in [1.29, 1.82) is 0 Å². The van der Waals surface area contributed by atoms with Crippen molar-refractivity contribution in [3.05, 3.63) is 130 Å². The minimum atomic E-state index is -4.27. The highest BCUT2D eigenvalue weighted by atomic mass is 35.5. The van der Waals surface area contributed by atoms with Crippen LogP contribution in [0.3, 0.4) is 0 Å². The van der Waals surface area contributed by atoms with Crippen molar-refractivity contribution in [2.24, 2.45) is 0 Å². The monoisotopic (exact) mass is 651 g/mol. The van der Waals surface area contributed by atoms with Gasteiger partial charge in [0.1, 0.15) is 12.6 Å². The van der Waals surface area contributed by atoms with Crippen LogP contribution in [0.4, 0.5) is 5.69 Å². The minimum Gasteiger partial charge on any atom is -0.350 e. The fourth-order valence-corrected chi connectivity index (χ4v) is 6.72. The Kier molecular flexibility index (Phi) is 10.7. The highest BCUT2D eigenvalue weighted by molar-refractivity contribution is 7.92. The molecule has 4 aromatic rings. The van der Waals surface area contributed by atoms with E-state index in [0.717, 1.165) is 15.4 Å². The number of amides is 2. The van der Waals surface area contributed by atoms with E-state index in [0.29, 0.717) is 5.02 Å². The van der Waals surface area contributed by atoms with Crippen LogP contribution in [-0.4, -0.2) is 43.3 Å². The van der Waals surface area contributed by atoms with Crippen molar-refractivity contribution in [2.75, 3.05) is 10.8 Å². The van der Waals surface area contributed by atoms with Crippen molar-refractivity contribution in [2.45, 2.75) is 50.2 Å². The maximum absolute atomic E-state index is 14.5. The lowest BCUT2D eigenvalue weighted by atomic mass is 10.0. The molecule has 0 fully saturated rings. The number of hydrogen-bond acceptors (Lipinski definition) is 4. The Morgan fingerprint density at radius 1 is 0.795 bits per heavy atom. The zero-order valence-corrected chi connectivity index (χ0v) is 27.1. The molecule has 230 valence electrons. The molecule has 0 bridgehead atoms. The molecule has 0 radical (unpaired) electrons. The topological polar surface area (TPSA) is 86.8 Å². The molecule has 2 amide bonds. The molecule has 44 heavy (non-hydrogen) atoms. The van der Waals surface area contributed by atoms with Crippen molar-refractivity contribution >= 4 is 50.7 Å². The van der Waals surface area contributed by atoms with Gasteiger partial charge in [0, 0.05) is 23.5 Å². The standard InChI is InChI=1S/C34H35Cl2N3O4S/c1-34(2,3)37-33(41)31(21-25-13-7-4-8-14-25)38(23-26-15-9-5-10-16-26)32(40)24-39(30-20-19-27(35)22-29(30)36)44(42,43)28-17-11-6-12-18-28/h4-20,22,31H,21,23-24H2,1-3H3,(H,37,41)/t31-/m0/s1. The molecule has 0 aromatic heterocycles. The van der Waals surface area contributed by atoms with E-state index in [1.807, 2.05) is 81.4 Å². The summed E-state index contributed by atoms with van der Waals surface area (Å²) in [6.07, 6.45) is 0.217. The van der Waals surface area contributed by atoms with Gasteiger partial charge in [0.25, 0.3) is 10.0 Å². The van der Waals surface area contributed by atoms with Crippen LogP contribution in [0.5, 0.6) is 0 Å². The molecule has 1 atom stereocenters. The first-order valence-corrected chi connectivity index (χ1v) is 16.3. The molecule has 0 aliphatic carbocycles. The number of nitrogens with zero attached hydrogens (tertiary/aromatic N) is 2. The number of sulfonamides is 1. The third-order valence-electron chi connectivity index (χ3n) is 6.75. The summed E-state index contributed by atoms with van der Waals surface area (Å²) in [5.74, 6) is -0.933. The van der Waals surface area contributed by atoms with E-state index in [-0.39, 0.29) is 34.5 Å². The van der Waals surface area contributed by atoms with Gasteiger partial charge in [0.15, 0.2) is 0 Å². The van der Waals surface area contributed by atoms with Gasteiger partial charge in [-0.2, -0.15) is 0 Å². The molecule has 7 nitrogen and oxygen atoms in total. The second kappa shape index (κ2) is 14.3. The van der Waals surface area contributed by atoms with Crippen LogP contribution in [-0.2, 0) is 32.6 Å². The number of rotatable bonds is 11. The first kappa shape index (κ1) is 33.1. The second-order valence-electron chi connectivity index (χ2n) is 11.4. The number of benzene rings is 4. The van der Waals surface area contributed by atoms with Gasteiger partial charge in [-0.25, -0.2) is 8.42 Å². The van der Waals surface area contributed by atoms with Gasteiger partial charge in [-0.1, -0.05) is 102 Å². The molecule has 0 saturated heterocycles. The lowest BCUT2D eigenvalue weighted by molar-refractivity contribution is -0.140. The molecule has 4 rings (SSSR count). The molecular weight excluding hydrogens is 617 g/mol. The average Bonchev–Trinajstić information content (AvgIpc) is 2.98. The maximum Gasteiger partial charge on any atom is 0.264 e. The van der Waals surface area contributed by atoms with Gasteiger partial charge in [-0.05, 0) is 62.2 Å². The molecule has 10 heteroatoms. The van der Waals surface area contributed by atoms with Gasteiger partial charge >= 0.3 is 0 Å². The fourth-order valence-electron chi connectivity index (χ4n) is 4.70. The predicted octanol–water partition coefficient (Wildman–Crippen LogP) is 6.74. The van der Waals surface area contributed by atoms with E-state index in [2.05, 4.69) is 5.32 Å². The Morgan fingerprint density at radius 2 is 1.34 bits per heavy atom. The zero-order valence-electron chi connectivity index (χ0n) is 24.8. The van der Waals surface area contributed by atoms with Gasteiger partial charge in [-0.15, -0.1) is 0 Å². The summed E-state index contributed by atoms with van der Waals surface area (Å²) in [5, 5.41) is 3.39. The van der Waals surface area contributed by atoms with Crippen molar-refractivity contribution in [3.8, 4) is 0 Å². The summed E-state index contributed by atoms with van der Waals surface area (Å²) in [7, 11) is -4.27. The SMILES string of the molecule is CC(C)(C)NC(=O)[C@H](Cc1ccccc1)N(Cc1ccccc1)C(=O)CN(c1ccc(Cl)cc1Cl)S(=O)(=O)c1ccccc1. The Balaban J connectivity index is 1.82. The molecule has 1 N–H and O–H groups in total. The molecule has 0 unspecified atom stereocenters. The Hall–Kier alpha value is -3.85. The third kappa shape index (κ3) is 8.62. The summed E-state index contributed by atoms with van der Waals surface area (Å²) in [6.45, 7) is 5.06. The largest absolute Gasteiger partial charge is 0.350 e. The highest BCUT2D eigenvalue weighted by Crippen LogP contribution is 2.33. The molecule has 0 saturated carbocycles. The average molecular weight is 653 g/mol. The van der Waals surface area contributed by atoms with Crippen LogP contribution in [0, 0.1) is 0 Å². The van der Waals surface area contributed by atoms with Crippen LogP contribution in [0.25, 0.3) is 0 Å². The van der Waals surface area contributed by atoms with Crippen LogP contribution in [0.15, 0.2) is 114 Å². The fraction of sp³-hybridized carbons (Fsp3) is 0.235. The van der Waals surface area contributed by atoms with Gasteiger partial charge in [0.05, 0.1) is 15.6 Å². The Morgan fingerprint density at radius 3 is 1.89 bits per heavy atom. The van der Waals surface area contributed by atoms with Crippen molar-refractivity contribution in [3.63, 3.8) is 0 Å². The number of anilines is 1. The summed E-state index contributed by atoms with van der Waals surface area (Å²) in [5.41, 5.74) is 1.14. The molecule has 0 heterocycles. The smallest absolute Gasteiger partial charge is 0.264 e. The van der Waals surface area contributed by atoms with Gasteiger partial charge < -0.3 is 10.2 Å². The lowest BCUT2D eigenvalue weighted by Gasteiger charge is -2.35. The number of hydrogen-bond donors (Lipinski definition) is 1. The molecule has 4 aromatic carbocycles. The third-order valence-corrected chi connectivity index (χ3v) is 9.07. The van der Waals surface area contributed by atoms with E-state index in [9.17, 15) is 18.0 Å². The van der Waals surface area contributed by atoms with E-state index < -0.39 is 34.1 Å². The second-order valence-corrected chi connectivity index (χ2v) is 14.1. The zero-order chi connectivity index (χ0) is 31.9. The van der Waals surface area contributed by atoms with Crippen LogP contribution in [0.2, 0.25) is 10.0 Å². The van der Waals surface area contributed by atoms with Gasteiger partial charge in [-0.3, -0.25) is 13.9 Å². The van der Waals surface area contributed by atoms with Crippen molar-refractivity contribution in [1.82, 2.24) is 10.2 Å². The number of halogens is 2. The number of carbonyl (C=O) groups excluding carboxylic acids is 2. The Bertz CT molecular complexity index is 1680. The first-order valence-electron chi connectivity index (χ1n) is 14.1. The van der Waals surface area contributed by atoms with Crippen LogP contribution < -0.4 is 9.62 Å². The van der Waals surface area contributed by atoms with E-state index in [4.69, 9.17) is 23.2 Å². The summed E-state index contributed by atoms with van der Waals surface area (Å²) in [4.78, 5) is 29.8. The summed E-state index contributed by atoms with van der Waals surface area (Å²) >= 11 is 12.7. The quantitative estimate of drug-likeness (QED) is 0.194. The number of carbonyl (C=O) groups is 2. The Labute approximate surface area is 269 Å². The molecular formula is C34H35Cl2N3O4S. The lowest BCUT2D eigenvalue weighted by Crippen LogP contribution is -2.56. The minimum absolute atomic E-state index is 0.0141. The molecule has 0 aliphatic heterocycles. The number of nitrogens with one attached hydrogen (secondary N) is 1. The van der Waals surface area contributed by atoms with E-state index >= 15 is 0 Å². The summed E-state index contributed by atoms with van der Waals surface area (Å²) in [6, 6.07) is 29.9. The predicted molar refractivity (Wildman–Crippen MR) is 176 cm³/mol. The van der Waals surface area contributed by atoms with E-state index in [1.54, 1.807) is 18.2 Å². The van der Waals surface area contributed by atoms with Crippen molar-refractivity contribution < 1.29 is 18.0 Å². The van der Waals surface area contributed by atoms with E-state index in [1.165, 1.54) is 35.2 Å². The van der Waals surface area contributed by atoms with Crippen LogP contribution >= 0.6 is 23.2 Å².